The number of phenolic OH excluding ortho intramolecular Hbond substituents is 1. The number of hydrogen-bond acceptors (Lipinski definition) is 14. The first-order chi connectivity index (χ1) is 29.8. The molecule has 14 N–H and O–H groups in total. The highest BCUT2D eigenvalue weighted by Gasteiger charge is 2.45. The molecule has 2 bridgehead atoms. The summed E-state index contributed by atoms with van der Waals surface area (Å²) in [5.74, 6) is -10.7. The van der Waals surface area contributed by atoms with Crippen LogP contribution in [-0.2, 0) is 49.6 Å². The van der Waals surface area contributed by atoms with Crippen LogP contribution in [0.4, 0.5) is 0 Å². The van der Waals surface area contributed by atoms with E-state index in [1.807, 2.05) is 0 Å². The van der Waals surface area contributed by atoms with Gasteiger partial charge < -0.3 is 73.3 Å². The summed E-state index contributed by atoms with van der Waals surface area (Å²) in [5.41, 5.74) is 6.19. The third kappa shape index (κ3) is 11.7. The minimum atomic E-state index is -1.75. The van der Waals surface area contributed by atoms with E-state index in [1.165, 1.54) is 25.1 Å². The third-order valence-electron chi connectivity index (χ3n) is 11.4. The molecule has 9 amide bonds. The molecule has 1 aromatic carbocycles. The van der Waals surface area contributed by atoms with Crippen molar-refractivity contribution in [1.82, 2.24) is 47.1 Å². The molecule has 2 aromatic rings. The Balaban J connectivity index is 1.70. The number of carbonyl (C=O) groups excluding carboxylic acids is 9. The number of primary amides is 1. The Kier molecular flexibility index (Phi) is 16.0. The standard InChI is InChI=1S/C39H54N10O13S/c1-4-16(2)31-36(60)42-11-29(55)43-25-15-63-38-21(20-6-5-18(51)7-22(20)46-38)9-23(33(57)41-12-30(56)47-31)44-37(61)32(17(3)27(53)14-50)48-35(59)26-8-19(52)13-49(26)39(62)24(10-28(40)54)45-34(25)58/h5-7,16-17,19,23-27,31-32,46,50-53H,4,8-15H2,1-3H3,(H2,40,54)(H,41,57)(H,42,60)(H,43,55)(H,44,61)(H,45,58)(H,47,56)(H,48,59)/t16-,17-,19+,23-,24-,25-,26-,27-,31-,32-/m0/s1. The molecule has 1 aromatic heterocycles. The van der Waals surface area contributed by atoms with Crippen LogP contribution in [0.15, 0.2) is 23.2 Å². The maximum Gasteiger partial charge on any atom is 0.246 e. The SMILES string of the molecule is CC[C@H](C)[C@@H]1NC(=O)CNC(=O)[C@@H]2Cc3c([nH]c4cc(O)ccc34)SC[C@H](NC(=O)CNC1=O)C(=O)N[C@@H](CC(N)=O)C(=O)N1C[C@H](O)C[C@H]1C(=O)N[C@@H]([C@@H](C)[C@@H](O)CO)C(=O)N2. The number of aliphatic hydroxyl groups excluding tert-OH is 3. The number of H-pyrrole nitrogens is 1. The molecule has 23 nitrogen and oxygen atoms in total. The van der Waals surface area contributed by atoms with E-state index in [9.17, 15) is 63.6 Å². The van der Waals surface area contributed by atoms with E-state index in [2.05, 4.69) is 42.2 Å². The molecule has 3 aliphatic heterocycles. The van der Waals surface area contributed by atoms with E-state index in [4.69, 9.17) is 5.73 Å². The van der Waals surface area contributed by atoms with Crippen molar-refractivity contribution in [3.05, 3.63) is 23.8 Å². The van der Waals surface area contributed by atoms with Gasteiger partial charge in [-0.05, 0) is 23.6 Å². The lowest BCUT2D eigenvalue weighted by Crippen LogP contribution is -2.62. The number of aromatic amines is 1. The van der Waals surface area contributed by atoms with Crippen molar-refractivity contribution >= 4 is 75.8 Å². The predicted octanol–water partition coefficient (Wildman–Crippen LogP) is -4.94. The molecule has 1 saturated heterocycles. The van der Waals surface area contributed by atoms with Gasteiger partial charge in [-0.2, -0.15) is 0 Å². The van der Waals surface area contributed by atoms with Gasteiger partial charge in [0.1, 0.15) is 42.0 Å². The highest BCUT2D eigenvalue weighted by Crippen LogP contribution is 2.33. The molecule has 0 spiro atoms. The van der Waals surface area contributed by atoms with Crippen molar-refractivity contribution in [3.8, 4) is 5.75 Å². The smallest absolute Gasteiger partial charge is 0.246 e. The number of aliphatic hydroxyl groups is 3. The molecule has 0 radical (unpaired) electrons. The summed E-state index contributed by atoms with van der Waals surface area (Å²) in [6.45, 7) is 2.08. The number of benzene rings is 1. The Labute approximate surface area is 364 Å². The van der Waals surface area contributed by atoms with Crippen LogP contribution in [0.1, 0.15) is 45.6 Å². The Hall–Kier alpha value is -5.98. The lowest BCUT2D eigenvalue weighted by molar-refractivity contribution is -0.144. The molecule has 24 heteroatoms. The van der Waals surface area contributed by atoms with Gasteiger partial charge in [0.25, 0.3) is 0 Å². The first-order valence-electron chi connectivity index (χ1n) is 20.4. The van der Waals surface area contributed by atoms with Crippen LogP contribution in [0.5, 0.6) is 5.75 Å². The molecule has 10 atom stereocenters. The van der Waals surface area contributed by atoms with E-state index in [-0.39, 0.29) is 29.4 Å². The molecule has 1 fully saturated rings. The monoisotopic (exact) mass is 902 g/mol. The maximum absolute atomic E-state index is 14.4. The number of amides is 9. The van der Waals surface area contributed by atoms with Crippen LogP contribution in [-0.4, -0.2) is 164 Å². The average Bonchev–Trinajstić information content (AvgIpc) is 3.80. The van der Waals surface area contributed by atoms with E-state index < -0.39 is 146 Å². The number of aromatic hydroxyl groups is 1. The summed E-state index contributed by atoms with van der Waals surface area (Å²) in [6, 6.07) is -5.00. The molecule has 0 saturated carbocycles. The van der Waals surface area contributed by atoms with Gasteiger partial charge in [0.2, 0.25) is 53.2 Å². The second-order valence-electron chi connectivity index (χ2n) is 15.9. The van der Waals surface area contributed by atoms with Gasteiger partial charge in [-0.15, -0.1) is 11.8 Å². The fourth-order valence-corrected chi connectivity index (χ4v) is 8.68. The molecular formula is C39H54N10O13S. The second kappa shape index (κ2) is 20.9. The molecular weight excluding hydrogens is 849 g/mol. The highest BCUT2D eigenvalue weighted by molar-refractivity contribution is 7.99. The molecule has 4 heterocycles. The zero-order chi connectivity index (χ0) is 46.3. The third-order valence-corrected chi connectivity index (χ3v) is 12.5. The Morgan fingerprint density at radius 1 is 0.873 bits per heavy atom. The lowest BCUT2D eigenvalue weighted by Gasteiger charge is -2.32. The van der Waals surface area contributed by atoms with E-state index in [0.29, 0.717) is 22.9 Å². The van der Waals surface area contributed by atoms with Crippen LogP contribution < -0.4 is 43.0 Å². The fourth-order valence-electron chi connectivity index (χ4n) is 7.56. The topological polar surface area (TPSA) is 364 Å². The van der Waals surface area contributed by atoms with Crippen molar-refractivity contribution in [2.75, 3.05) is 32.0 Å². The summed E-state index contributed by atoms with van der Waals surface area (Å²) < 4.78 is 0. The van der Waals surface area contributed by atoms with Gasteiger partial charge in [0.15, 0.2) is 0 Å². The number of nitrogens with one attached hydrogen (secondary N) is 8. The van der Waals surface area contributed by atoms with Gasteiger partial charge in [0, 0.05) is 42.5 Å². The number of carbonyl (C=O) groups is 9. The Bertz CT molecular complexity index is 2120. The van der Waals surface area contributed by atoms with E-state index in [1.54, 1.807) is 13.8 Å². The summed E-state index contributed by atoms with van der Waals surface area (Å²) >= 11 is 0.949. The Morgan fingerprint density at radius 3 is 2.22 bits per heavy atom. The molecule has 63 heavy (non-hydrogen) atoms. The van der Waals surface area contributed by atoms with Gasteiger partial charge in [0.05, 0.1) is 48.9 Å². The van der Waals surface area contributed by atoms with Gasteiger partial charge >= 0.3 is 0 Å². The molecule has 0 aliphatic carbocycles. The van der Waals surface area contributed by atoms with Gasteiger partial charge in [-0.25, -0.2) is 0 Å². The van der Waals surface area contributed by atoms with Crippen molar-refractivity contribution < 1.29 is 63.6 Å². The van der Waals surface area contributed by atoms with Crippen LogP contribution in [0.3, 0.4) is 0 Å². The predicted molar refractivity (Wildman–Crippen MR) is 222 cm³/mol. The quantitative estimate of drug-likeness (QED) is 0.124. The van der Waals surface area contributed by atoms with E-state index >= 15 is 0 Å². The number of rotatable bonds is 7. The van der Waals surface area contributed by atoms with Crippen LogP contribution >= 0.6 is 11.8 Å². The Morgan fingerprint density at radius 2 is 1.56 bits per heavy atom. The van der Waals surface area contributed by atoms with Crippen molar-refractivity contribution in [2.24, 2.45) is 17.6 Å². The molecule has 0 unspecified atom stereocenters. The van der Waals surface area contributed by atoms with Crippen molar-refractivity contribution in [2.45, 2.75) is 99.9 Å². The number of fused-ring (bicyclic) bond motifs is 5. The summed E-state index contributed by atoms with van der Waals surface area (Å²) in [5, 5.41) is 59.9. The number of thioether (sulfide) groups is 1. The highest BCUT2D eigenvalue weighted by atomic mass is 32.2. The summed E-state index contributed by atoms with van der Waals surface area (Å²) in [7, 11) is 0. The van der Waals surface area contributed by atoms with Gasteiger partial charge in [-0.3, -0.25) is 43.2 Å². The van der Waals surface area contributed by atoms with Crippen LogP contribution in [0.25, 0.3) is 10.9 Å². The first-order valence-corrected chi connectivity index (χ1v) is 21.4. The normalized spacial score (nSPS) is 27.6. The summed E-state index contributed by atoms with van der Waals surface area (Å²) in [4.78, 5) is 128. The molecule has 344 valence electrons. The fraction of sp³-hybridized carbons (Fsp3) is 0.564. The van der Waals surface area contributed by atoms with E-state index in [0.717, 1.165) is 16.7 Å². The van der Waals surface area contributed by atoms with Crippen molar-refractivity contribution in [1.29, 1.82) is 0 Å². The van der Waals surface area contributed by atoms with Crippen LogP contribution in [0.2, 0.25) is 0 Å². The number of aromatic nitrogens is 1. The number of nitrogens with zero attached hydrogens (tertiary/aromatic N) is 1. The minimum Gasteiger partial charge on any atom is -0.508 e. The first kappa shape index (κ1) is 48.1. The lowest BCUT2D eigenvalue weighted by atomic mass is 9.93. The maximum atomic E-state index is 14.4. The van der Waals surface area contributed by atoms with Crippen LogP contribution in [0, 0.1) is 11.8 Å². The minimum absolute atomic E-state index is 0.146. The zero-order valence-corrected chi connectivity index (χ0v) is 35.6. The largest absolute Gasteiger partial charge is 0.508 e. The molecule has 5 rings (SSSR count). The number of nitrogens with two attached hydrogens (primary N) is 1. The average molecular weight is 903 g/mol. The van der Waals surface area contributed by atoms with Gasteiger partial charge in [-0.1, -0.05) is 27.2 Å². The van der Waals surface area contributed by atoms with Crippen molar-refractivity contribution in [3.63, 3.8) is 0 Å². The number of phenols is 1. The number of hydrogen-bond donors (Lipinski definition) is 13. The second-order valence-corrected chi connectivity index (χ2v) is 17.0. The summed E-state index contributed by atoms with van der Waals surface area (Å²) in [6.07, 6.45) is -4.01. The zero-order valence-electron chi connectivity index (χ0n) is 34.8. The molecule has 3 aliphatic rings.